The lowest BCUT2D eigenvalue weighted by atomic mass is 10.1. The number of benzene rings is 2. The van der Waals surface area contributed by atoms with Gasteiger partial charge < -0.3 is 9.47 Å². The molecule has 2 nitrogen and oxygen atoms in total. The second-order valence-corrected chi connectivity index (χ2v) is 6.82. The Kier molecular flexibility index (Phi) is 5.03. The van der Waals surface area contributed by atoms with Gasteiger partial charge in [0.15, 0.2) is 0 Å². The van der Waals surface area contributed by atoms with Gasteiger partial charge in [0.25, 0.3) is 0 Å². The minimum Gasteiger partial charge on any atom is -0.342 e. The molecule has 3 rings (SSSR count). The molecule has 0 aliphatic carbocycles. The van der Waals surface area contributed by atoms with Gasteiger partial charge in [0.1, 0.15) is 6.10 Å². The van der Waals surface area contributed by atoms with E-state index in [9.17, 15) is 0 Å². The molecule has 2 atom stereocenters. The molecule has 1 heterocycles. The smallest absolute Gasteiger partial charge is 0.205 e. The lowest BCUT2D eigenvalue weighted by molar-refractivity contribution is -0.157. The van der Waals surface area contributed by atoms with Crippen LogP contribution >= 0.6 is 50.7 Å². The summed E-state index contributed by atoms with van der Waals surface area (Å²) in [7, 11) is 0. The summed E-state index contributed by atoms with van der Waals surface area (Å²) in [5.74, 6) is -0.849. The minimum atomic E-state index is -0.849. The van der Waals surface area contributed by atoms with Crippen LogP contribution in [0.3, 0.4) is 0 Å². The van der Waals surface area contributed by atoms with Gasteiger partial charge in [0.2, 0.25) is 5.79 Å². The molecule has 1 aliphatic rings. The second-order valence-electron chi connectivity index (χ2n) is 4.98. The topological polar surface area (TPSA) is 18.5 Å². The van der Waals surface area contributed by atoms with Crippen molar-refractivity contribution in [1.82, 2.24) is 0 Å². The molecule has 0 amide bonds. The molecule has 6 heteroatoms. The van der Waals surface area contributed by atoms with Gasteiger partial charge in [-0.3, -0.25) is 0 Å². The molecule has 0 N–H and O–H groups in total. The molecule has 0 radical (unpaired) electrons. The summed E-state index contributed by atoms with van der Waals surface area (Å²) in [6, 6.07) is 12.8. The molecule has 0 bridgehead atoms. The zero-order valence-corrected chi connectivity index (χ0v) is 15.2. The van der Waals surface area contributed by atoms with Crippen molar-refractivity contribution in [2.24, 2.45) is 0 Å². The van der Waals surface area contributed by atoms with Gasteiger partial charge in [-0.2, -0.15) is 0 Å². The van der Waals surface area contributed by atoms with Crippen molar-refractivity contribution in [2.45, 2.75) is 11.9 Å². The normalized spacial score (nSPS) is 24.6. The fourth-order valence-electron chi connectivity index (χ4n) is 2.43. The van der Waals surface area contributed by atoms with E-state index < -0.39 is 5.79 Å². The van der Waals surface area contributed by atoms with Crippen molar-refractivity contribution in [3.8, 4) is 0 Å². The first kappa shape index (κ1) is 16.6. The average molecular weight is 423 g/mol. The summed E-state index contributed by atoms with van der Waals surface area (Å²) in [6.07, 6.45) is -0.252. The van der Waals surface area contributed by atoms with E-state index in [0.29, 0.717) is 27.0 Å². The zero-order chi connectivity index (χ0) is 15.7. The summed E-state index contributed by atoms with van der Waals surface area (Å²) in [5, 5.41) is 2.34. The molecule has 0 saturated carbocycles. The fraction of sp³-hybridized carbons (Fsp3) is 0.250. The Bertz CT molecular complexity index is 678. The zero-order valence-electron chi connectivity index (χ0n) is 11.4. The van der Waals surface area contributed by atoms with Crippen LogP contribution < -0.4 is 0 Å². The number of alkyl halides is 1. The maximum absolute atomic E-state index is 6.26. The van der Waals surface area contributed by atoms with E-state index in [-0.39, 0.29) is 6.10 Å². The van der Waals surface area contributed by atoms with Crippen LogP contribution in [-0.2, 0) is 15.3 Å². The van der Waals surface area contributed by atoms with Gasteiger partial charge in [-0.05, 0) is 24.3 Å². The molecule has 0 aromatic heterocycles. The summed E-state index contributed by atoms with van der Waals surface area (Å²) in [6.45, 7) is 0.412. The average Bonchev–Trinajstić information content (AvgIpc) is 2.93. The van der Waals surface area contributed by atoms with Gasteiger partial charge >= 0.3 is 0 Å². The van der Waals surface area contributed by atoms with Gasteiger partial charge in [-0.15, -0.1) is 0 Å². The molecule has 2 aromatic rings. The van der Waals surface area contributed by atoms with E-state index in [4.69, 9.17) is 44.3 Å². The van der Waals surface area contributed by atoms with Crippen molar-refractivity contribution in [3.63, 3.8) is 0 Å². The Morgan fingerprint density at radius 2 is 1.73 bits per heavy atom. The standard InChI is InChI=1S/C16H12BrCl3O2/c17-9-16(10-1-3-11(18)4-2-10)21-8-15(22-16)13-6-5-12(19)7-14(13)20/h1-7,15H,8-9H2. The van der Waals surface area contributed by atoms with Gasteiger partial charge in [-0.25, -0.2) is 0 Å². The molecular weight excluding hydrogens is 410 g/mol. The maximum atomic E-state index is 6.26. The predicted molar refractivity (Wildman–Crippen MR) is 93.2 cm³/mol. The van der Waals surface area contributed by atoms with E-state index in [0.717, 1.165) is 11.1 Å². The van der Waals surface area contributed by atoms with Crippen molar-refractivity contribution in [2.75, 3.05) is 11.9 Å². The first-order valence-electron chi connectivity index (χ1n) is 6.63. The molecular formula is C16H12BrCl3O2. The largest absolute Gasteiger partial charge is 0.342 e. The highest BCUT2D eigenvalue weighted by atomic mass is 79.9. The SMILES string of the molecule is Clc1ccc(C2(CBr)OCC(c3ccc(Cl)cc3Cl)O2)cc1. The molecule has 1 fully saturated rings. The summed E-state index contributed by atoms with van der Waals surface area (Å²) in [4.78, 5) is 0. The predicted octanol–water partition coefficient (Wildman–Crippen LogP) is 5.98. The molecule has 2 aromatic carbocycles. The van der Waals surface area contributed by atoms with Crippen LogP contribution in [0.4, 0.5) is 0 Å². The third kappa shape index (κ3) is 3.16. The summed E-state index contributed by atoms with van der Waals surface area (Å²) < 4.78 is 12.2. The van der Waals surface area contributed by atoms with Gasteiger partial charge in [-0.1, -0.05) is 68.9 Å². The number of hydrogen-bond acceptors (Lipinski definition) is 2. The van der Waals surface area contributed by atoms with Crippen LogP contribution in [0.2, 0.25) is 15.1 Å². The first-order chi connectivity index (χ1) is 10.5. The van der Waals surface area contributed by atoms with Crippen LogP contribution in [0.1, 0.15) is 17.2 Å². The van der Waals surface area contributed by atoms with Gasteiger partial charge in [0.05, 0.1) is 11.9 Å². The summed E-state index contributed by atoms with van der Waals surface area (Å²) >= 11 is 21.6. The first-order valence-corrected chi connectivity index (χ1v) is 8.88. The molecule has 1 aliphatic heterocycles. The highest BCUT2D eigenvalue weighted by molar-refractivity contribution is 9.09. The van der Waals surface area contributed by atoms with Crippen LogP contribution in [0, 0.1) is 0 Å². The van der Waals surface area contributed by atoms with E-state index in [1.807, 2.05) is 30.3 Å². The number of rotatable bonds is 3. The third-order valence-electron chi connectivity index (χ3n) is 3.57. The molecule has 22 heavy (non-hydrogen) atoms. The summed E-state index contributed by atoms with van der Waals surface area (Å²) in [5.41, 5.74) is 1.77. The van der Waals surface area contributed by atoms with Crippen LogP contribution in [-0.4, -0.2) is 11.9 Å². The van der Waals surface area contributed by atoms with E-state index in [1.165, 1.54) is 0 Å². The number of hydrogen-bond donors (Lipinski definition) is 0. The quantitative estimate of drug-likeness (QED) is 0.566. The molecule has 2 unspecified atom stereocenters. The van der Waals surface area contributed by atoms with E-state index in [1.54, 1.807) is 12.1 Å². The second kappa shape index (κ2) is 6.68. The third-order valence-corrected chi connectivity index (χ3v) is 5.12. The Hall–Kier alpha value is -0.290. The van der Waals surface area contributed by atoms with Crippen LogP contribution in [0.25, 0.3) is 0 Å². The Balaban J connectivity index is 1.89. The van der Waals surface area contributed by atoms with E-state index in [2.05, 4.69) is 15.9 Å². The van der Waals surface area contributed by atoms with Crippen LogP contribution in [0.5, 0.6) is 0 Å². The van der Waals surface area contributed by atoms with Crippen molar-refractivity contribution in [3.05, 3.63) is 68.7 Å². The Morgan fingerprint density at radius 3 is 2.36 bits per heavy atom. The minimum absolute atomic E-state index is 0.252. The number of halogens is 4. The molecule has 116 valence electrons. The van der Waals surface area contributed by atoms with Crippen LogP contribution in [0.15, 0.2) is 42.5 Å². The lowest BCUT2D eigenvalue weighted by Gasteiger charge is -2.26. The Morgan fingerprint density at radius 1 is 1.05 bits per heavy atom. The van der Waals surface area contributed by atoms with Crippen molar-refractivity contribution >= 4 is 50.7 Å². The highest BCUT2D eigenvalue weighted by Gasteiger charge is 2.43. The van der Waals surface area contributed by atoms with Crippen molar-refractivity contribution < 1.29 is 9.47 Å². The molecule has 0 spiro atoms. The lowest BCUT2D eigenvalue weighted by Crippen LogP contribution is -2.29. The Labute approximate surface area is 152 Å². The molecule has 1 saturated heterocycles. The van der Waals surface area contributed by atoms with Gasteiger partial charge in [0, 0.05) is 26.2 Å². The number of ether oxygens (including phenoxy) is 2. The fourth-order valence-corrected chi connectivity index (χ4v) is 3.70. The highest BCUT2D eigenvalue weighted by Crippen LogP contribution is 2.43. The van der Waals surface area contributed by atoms with E-state index >= 15 is 0 Å². The van der Waals surface area contributed by atoms with Crippen molar-refractivity contribution in [1.29, 1.82) is 0 Å². The monoisotopic (exact) mass is 420 g/mol. The maximum Gasteiger partial charge on any atom is 0.205 e.